The first-order chi connectivity index (χ1) is 9.24. The normalized spacial score (nSPS) is 12.8. The predicted octanol–water partition coefficient (Wildman–Crippen LogP) is 2.00. The minimum absolute atomic E-state index is 0.299. The standard InChI is InChI=1S/C13H21N3O3S/c1-5-8-6-14-9(20-8)7-15-12(19)16-10(11(17)18)13(2,3)4/h6,10H,5,7H2,1-4H3,(H,17,18)(H2,15,16,19)/t10-/m1/s1. The van der Waals surface area contributed by atoms with Crippen LogP contribution in [0.4, 0.5) is 4.79 Å². The molecule has 0 spiro atoms. The fourth-order valence-corrected chi connectivity index (χ4v) is 2.38. The molecule has 6 nitrogen and oxygen atoms in total. The fraction of sp³-hybridized carbons (Fsp3) is 0.615. The Kier molecular flexibility index (Phi) is 5.50. The highest BCUT2D eigenvalue weighted by Crippen LogP contribution is 2.19. The Bertz CT molecular complexity index is 479. The maximum atomic E-state index is 11.7. The maximum Gasteiger partial charge on any atom is 0.326 e. The van der Waals surface area contributed by atoms with Gasteiger partial charge in [-0.05, 0) is 11.8 Å². The number of aromatic nitrogens is 1. The van der Waals surface area contributed by atoms with Crippen molar-refractivity contribution in [3.63, 3.8) is 0 Å². The zero-order valence-corrected chi connectivity index (χ0v) is 13.0. The topological polar surface area (TPSA) is 91.3 Å². The third-order valence-corrected chi connectivity index (χ3v) is 3.88. The second kappa shape index (κ2) is 6.69. The second-order valence-electron chi connectivity index (χ2n) is 5.54. The highest BCUT2D eigenvalue weighted by Gasteiger charge is 2.32. The molecule has 1 rings (SSSR count). The first-order valence-corrected chi connectivity index (χ1v) is 7.26. The molecule has 0 unspecified atom stereocenters. The molecule has 0 saturated heterocycles. The molecule has 20 heavy (non-hydrogen) atoms. The number of hydrogen-bond donors (Lipinski definition) is 3. The van der Waals surface area contributed by atoms with Gasteiger partial charge in [-0.25, -0.2) is 14.6 Å². The van der Waals surface area contributed by atoms with Gasteiger partial charge in [0.25, 0.3) is 0 Å². The van der Waals surface area contributed by atoms with Crippen LogP contribution in [0.15, 0.2) is 6.20 Å². The Balaban J connectivity index is 2.52. The molecule has 0 aliphatic heterocycles. The zero-order valence-electron chi connectivity index (χ0n) is 12.2. The van der Waals surface area contributed by atoms with Crippen molar-refractivity contribution in [2.45, 2.75) is 46.7 Å². The number of thiazole rings is 1. The van der Waals surface area contributed by atoms with E-state index in [1.54, 1.807) is 27.0 Å². The van der Waals surface area contributed by atoms with E-state index in [0.717, 1.165) is 16.3 Å². The van der Waals surface area contributed by atoms with E-state index in [4.69, 9.17) is 5.11 Å². The zero-order chi connectivity index (χ0) is 15.3. The molecule has 0 saturated carbocycles. The van der Waals surface area contributed by atoms with E-state index in [0.29, 0.717) is 6.54 Å². The molecular formula is C13H21N3O3S. The van der Waals surface area contributed by atoms with E-state index in [9.17, 15) is 9.59 Å². The Morgan fingerprint density at radius 2 is 2.10 bits per heavy atom. The van der Waals surface area contributed by atoms with Crippen LogP contribution in [0.25, 0.3) is 0 Å². The lowest BCUT2D eigenvalue weighted by atomic mass is 9.87. The summed E-state index contributed by atoms with van der Waals surface area (Å²) in [4.78, 5) is 28.2. The molecule has 0 fully saturated rings. The van der Waals surface area contributed by atoms with Crippen molar-refractivity contribution >= 4 is 23.3 Å². The van der Waals surface area contributed by atoms with Crippen LogP contribution < -0.4 is 10.6 Å². The quantitative estimate of drug-likeness (QED) is 0.775. The highest BCUT2D eigenvalue weighted by atomic mass is 32.1. The molecule has 1 atom stereocenters. The van der Waals surface area contributed by atoms with Gasteiger partial charge in [0.1, 0.15) is 11.0 Å². The first kappa shape index (κ1) is 16.4. The van der Waals surface area contributed by atoms with E-state index >= 15 is 0 Å². The SMILES string of the molecule is CCc1cnc(CNC(=O)N[C@H](C(=O)O)C(C)(C)C)s1. The maximum absolute atomic E-state index is 11.7. The highest BCUT2D eigenvalue weighted by molar-refractivity contribution is 7.11. The Labute approximate surface area is 122 Å². The van der Waals surface area contributed by atoms with Crippen molar-refractivity contribution in [1.29, 1.82) is 0 Å². The van der Waals surface area contributed by atoms with Gasteiger partial charge in [-0.2, -0.15) is 0 Å². The fourth-order valence-electron chi connectivity index (χ4n) is 1.58. The molecule has 3 N–H and O–H groups in total. The average molecular weight is 299 g/mol. The molecule has 1 heterocycles. The predicted molar refractivity (Wildman–Crippen MR) is 77.7 cm³/mol. The summed E-state index contributed by atoms with van der Waals surface area (Å²) in [5.41, 5.74) is -0.556. The molecule has 112 valence electrons. The van der Waals surface area contributed by atoms with E-state index in [1.165, 1.54) is 11.3 Å². The van der Waals surface area contributed by atoms with Gasteiger partial charge in [-0.1, -0.05) is 27.7 Å². The molecule has 0 aromatic carbocycles. The van der Waals surface area contributed by atoms with Gasteiger partial charge in [0, 0.05) is 11.1 Å². The van der Waals surface area contributed by atoms with Gasteiger partial charge >= 0.3 is 12.0 Å². The first-order valence-electron chi connectivity index (χ1n) is 6.44. The van der Waals surface area contributed by atoms with E-state index < -0.39 is 23.5 Å². The van der Waals surface area contributed by atoms with E-state index in [-0.39, 0.29) is 0 Å². The lowest BCUT2D eigenvalue weighted by molar-refractivity contribution is -0.141. The van der Waals surface area contributed by atoms with Gasteiger partial charge in [0.15, 0.2) is 0 Å². The van der Waals surface area contributed by atoms with Crippen LogP contribution in [0.2, 0.25) is 0 Å². The second-order valence-corrected chi connectivity index (χ2v) is 6.74. The number of carbonyl (C=O) groups is 2. The summed E-state index contributed by atoms with van der Waals surface area (Å²) in [6.07, 6.45) is 2.70. The summed E-state index contributed by atoms with van der Waals surface area (Å²) in [5.74, 6) is -1.05. The Morgan fingerprint density at radius 1 is 1.45 bits per heavy atom. The summed E-state index contributed by atoms with van der Waals surface area (Å²) in [5, 5.41) is 15.0. The number of aryl methyl sites for hydroxylation is 1. The van der Waals surface area contributed by atoms with Gasteiger partial charge in [-0.15, -0.1) is 11.3 Å². The lowest BCUT2D eigenvalue weighted by Crippen LogP contribution is -2.52. The summed E-state index contributed by atoms with van der Waals surface area (Å²) >= 11 is 1.54. The molecule has 1 aromatic rings. The van der Waals surface area contributed by atoms with Gasteiger partial charge in [0.05, 0.1) is 6.54 Å². The Hall–Kier alpha value is -1.63. The monoisotopic (exact) mass is 299 g/mol. The van der Waals surface area contributed by atoms with Gasteiger partial charge in [0.2, 0.25) is 0 Å². The van der Waals surface area contributed by atoms with Crippen molar-refractivity contribution in [1.82, 2.24) is 15.6 Å². The number of rotatable bonds is 5. The average Bonchev–Trinajstić information content (AvgIpc) is 2.79. The molecule has 2 amide bonds. The molecule has 7 heteroatoms. The van der Waals surface area contributed by atoms with Crippen LogP contribution in [0, 0.1) is 5.41 Å². The van der Waals surface area contributed by atoms with E-state index in [2.05, 4.69) is 15.6 Å². The minimum atomic E-state index is -1.05. The van der Waals surface area contributed by atoms with Crippen molar-refractivity contribution < 1.29 is 14.7 Å². The van der Waals surface area contributed by atoms with Gasteiger partial charge in [-0.3, -0.25) is 0 Å². The largest absolute Gasteiger partial charge is 0.480 e. The van der Waals surface area contributed by atoms with Crippen LogP contribution >= 0.6 is 11.3 Å². The smallest absolute Gasteiger partial charge is 0.326 e. The summed E-state index contributed by atoms with van der Waals surface area (Å²) < 4.78 is 0. The van der Waals surface area contributed by atoms with Crippen LogP contribution in [-0.4, -0.2) is 28.1 Å². The number of amides is 2. The molecular weight excluding hydrogens is 278 g/mol. The van der Waals surface area contributed by atoms with Crippen molar-refractivity contribution in [2.75, 3.05) is 0 Å². The number of hydrogen-bond acceptors (Lipinski definition) is 4. The molecule has 0 bridgehead atoms. The molecule has 0 aliphatic carbocycles. The number of nitrogens with zero attached hydrogens (tertiary/aromatic N) is 1. The van der Waals surface area contributed by atoms with Crippen LogP contribution in [0.3, 0.4) is 0 Å². The van der Waals surface area contributed by atoms with Crippen molar-refractivity contribution in [3.8, 4) is 0 Å². The van der Waals surface area contributed by atoms with Crippen LogP contribution in [-0.2, 0) is 17.8 Å². The summed E-state index contributed by atoms with van der Waals surface area (Å²) in [6, 6.07) is -1.44. The lowest BCUT2D eigenvalue weighted by Gasteiger charge is -2.27. The number of urea groups is 1. The van der Waals surface area contributed by atoms with Crippen LogP contribution in [0.1, 0.15) is 37.6 Å². The molecule has 0 radical (unpaired) electrons. The number of carboxylic acids is 1. The van der Waals surface area contributed by atoms with Crippen molar-refractivity contribution in [3.05, 3.63) is 16.1 Å². The molecule has 0 aliphatic rings. The number of nitrogens with one attached hydrogen (secondary N) is 2. The van der Waals surface area contributed by atoms with E-state index in [1.807, 2.05) is 6.92 Å². The van der Waals surface area contributed by atoms with Crippen molar-refractivity contribution in [2.24, 2.45) is 5.41 Å². The number of carbonyl (C=O) groups excluding carboxylic acids is 1. The number of carboxylic acid groups (broad SMARTS) is 1. The van der Waals surface area contributed by atoms with Crippen LogP contribution in [0.5, 0.6) is 0 Å². The molecule has 1 aromatic heterocycles. The van der Waals surface area contributed by atoms with Gasteiger partial charge < -0.3 is 15.7 Å². The third-order valence-electron chi connectivity index (χ3n) is 2.74. The number of aliphatic carboxylic acids is 1. The minimum Gasteiger partial charge on any atom is -0.480 e. The summed E-state index contributed by atoms with van der Waals surface area (Å²) in [6.45, 7) is 7.63. The third kappa shape index (κ3) is 4.80. The Morgan fingerprint density at radius 3 is 2.55 bits per heavy atom. The summed E-state index contributed by atoms with van der Waals surface area (Å²) in [7, 11) is 0.